The number of para-hydroxylation sites is 1. The van der Waals surface area contributed by atoms with Gasteiger partial charge in [0.25, 0.3) is 0 Å². The van der Waals surface area contributed by atoms with Crippen molar-refractivity contribution in [2.45, 2.75) is 20.3 Å². The minimum absolute atomic E-state index is 0.0146. The Hall–Kier alpha value is -3.18. The molecule has 3 aromatic carbocycles. The SMILES string of the molecule is COc1ccc(CC(=O)N(c2cc(C)cc(C)c2)c2nc3ccccc3s2)cc1. The molecule has 4 nitrogen and oxygen atoms in total. The number of fused-ring (bicyclic) bond motifs is 1. The van der Waals surface area contributed by atoms with E-state index in [1.807, 2.05) is 74.5 Å². The van der Waals surface area contributed by atoms with Gasteiger partial charge in [0.2, 0.25) is 5.91 Å². The molecule has 0 aliphatic heterocycles. The smallest absolute Gasteiger partial charge is 0.237 e. The van der Waals surface area contributed by atoms with E-state index in [0.29, 0.717) is 5.13 Å². The number of carbonyl (C=O) groups excluding carboxylic acids is 1. The largest absolute Gasteiger partial charge is 0.497 e. The molecule has 5 heteroatoms. The van der Waals surface area contributed by atoms with Crippen molar-refractivity contribution in [3.05, 3.63) is 83.4 Å². The maximum atomic E-state index is 13.4. The molecular weight excluding hydrogens is 380 g/mol. The van der Waals surface area contributed by atoms with Gasteiger partial charge in [0.15, 0.2) is 5.13 Å². The number of methoxy groups -OCH3 is 1. The van der Waals surface area contributed by atoms with Crippen molar-refractivity contribution in [1.29, 1.82) is 0 Å². The van der Waals surface area contributed by atoms with Gasteiger partial charge in [-0.25, -0.2) is 4.98 Å². The molecule has 0 fully saturated rings. The molecule has 29 heavy (non-hydrogen) atoms. The first-order valence-corrected chi connectivity index (χ1v) is 10.2. The second kappa shape index (κ2) is 8.05. The Bertz CT molecular complexity index is 1110. The number of aromatic nitrogens is 1. The molecule has 0 radical (unpaired) electrons. The summed E-state index contributed by atoms with van der Waals surface area (Å²) in [6.07, 6.45) is 0.285. The highest BCUT2D eigenvalue weighted by atomic mass is 32.1. The summed E-state index contributed by atoms with van der Waals surface area (Å²) >= 11 is 1.53. The fourth-order valence-corrected chi connectivity index (χ4v) is 4.40. The molecule has 1 aromatic heterocycles. The summed E-state index contributed by atoms with van der Waals surface area (Å²) in [4.78, 5) is 19.9. The lowest BCUT2D eigenvalue weighted by Crippen LogP contribution is -2.27. The zero-order chi connectivity index (χ0) is 20.4. The number of hydrogen-bond donors (Lipinski definition) is 0. The summed E-state index contributed by atoms with van der Waals surface area (Å²) in [5.74, 6) is 0.762. The summed E-state index contributed by atoms with van der Waals surface area (Å²) < 4.78 is 6.28. The van der Waals surface area contributed by atoms with Crippen LogP contribution in [0.2, 0.25) is 0 Å². The minimum Gasteiger partial charge on any atom is -0.497 e. The third-order valence-corrected chi connectivity index (χ3v) is 5.72. The highest BCUT2D eigenvalue weighted by Crippen LogP contribution is 2.34. The highest BCUT2D eigenvalue weighted by Gasteiger charge is 2.22. The molecule has 0 aliphatic rings. The number of rotatable bonds is 5. The maximum Gasteiger partial charge on any atom is 0.237 e. The quantitative estimate of drug-likeness (QED) is 0.422. The van der Waals surface area contributed by atoms with Crippen molar-refractivity contribution in [3.8, 4) is 5.75 Å². The van der Waals surface area contributed by atoms with Crippen molar-refractivity contribution in [1.82, 2.24) is 4.98 Å². The Morgan fingerprint density at radius 3 is 2.34 bits per heavy atom. The van der Waals surface area contributed by atoms with Crippen LogP contribution < -0.4 is 9.64 Å². The number of aryl methyl sites for hydroxylation is 2. The molecule has 0 N–H and O–H groups in total. The van der Waals surface area contributed by atoms with Crippen LogP contribution in [0.3, 0.4) is 0 Å². The summed E-state index contributed by atoms with van der Waals surface area (Å²) in [5, 5.41) is 0.690. The van der Waals surface area contributed by atoms with Crippen LogP contribution in [0.15, 0.2) is 66.7 Å². The van der Waals surface area contributed by atoms with Crippen LogP contribution in [0.1, 0.15) is 16.7 Å². The van der Waals surface area contributed by atoms with Gasteiger partial charge in [-0.3, -0.25) is 9.69 Å². The number of benzene rings is 3. The number of hydrogen-bond acceptors (Lipinski definition) is 4. The summed E-state index contributed by atoms with van der Waals surface area (Å²) in [6, 6.07) is 21.7. The monoisotopic (exact) mass is 402 g/mol. The lowest BCUT2D eigenvalue weighted by molar-refractivity contribution is -0.117. The van der Waals surface area contributed by atoms with Gasteiger partial charge in [-0.05, 0) is 66.9 Å². The molecule has 0 bridgehead atoms. The third-order valence-electron chi connectivity index (χ3n) is 4.70. The van der Waals surface area contributed by atoms with Crippen molar-refractivity contribution in [2.75, 3.05) is 12.0 Å². The van der Waals surface area contributed by atoms with E-state index < -0.39 is 0 Å². The molecule has 4 aromatic rings. The first kappa shape index (κ1) is 19.2. The second-order valence-electron chi connectivity index (χ2n) is 7.06. The minimum atomic E-state index is -0.0146. The van der Waals surface area contributed by atoms with E-state index in [0.717, 1.165) is 38.3 Å². The highest BCUT2D eigenvalue weighted by molar-refractivity contribution is 7.22. The Morgan fingerprint density at radius 1 is 1.00 bits per heavy atom. The number of amides is 1. The van der Waals surface area contributed by atoms with Crippen LogP contribution in [-0.4, -0.2) is 18.0 Å². The predicted molar refractivity (Wildman–Crippen MR) is 119 cm³/mol. The molecule has 0 unspecified atom stereocenters. The van der Waals surface area contributed by atoms with Gasteiger partial charge in [-0.2, -0.15) is 0 Å². The zero-order valence-corrected chi connectivity index (χ0v) is 17.5. The average Bonchev–Trinajstić information content (AvgIpc) is 3.11. The van der Waals surface area contributed by atoms with E-state index in [1.54, 1.807) is 12.0 Å². The summed E-state index contributed by atoms with van der Waals surface area (Å²) in [5.41, 5.74) is 4.91. The number of carbonyl (C=O) groups is 1. The maximum absolute atomic E-state index is 13.4. The molecule has 4 rings (SSSR count). The fraction of sp³-hybridized carbons (Fsp3) is 0.167. The van der Waals surface area contributed by atoms with Crippen molar-refractivity contribution in [3.63, 3.8) is 0 Å². The van der Waals surface area contributed by atoms with E-state index in [-0.39, 0.29) is 12.3 Å². The molecule has 0 spiro atoms. The Kier molecular flexibility index (Phi) is 5.32. The molecule has 146 valence electrons. The molecule has 0 atom stereocenters. The van der Waals surface area contributed by atoms with E-state index in [2.05, 4.69) is 6.07 Å². The van der Waals surface area contributed by atoms with Gasteiger partial charge >= 0.3 is 0 Å². The fourth-order valence-electron chi connectivity index (χ4n) is 3.39. The van der Waals surface area contributed by atoms with E-state index >= 15 is 0 Å². The molecule has 1 heterocycles. The third kappa shape index (κ3) is 4.15. The van der Waals surface area contributed by atoms with E-state index in [1.165, 1.54) is 11.3 Å². The molecule has 0 aliphatic carbocycles. The lowest BCUT2D eigenvalue weighted by Gasteiger charge is -2.21. The first-order valence-electron chi connectivity index (χ1n) is 9.43. The van der Waals surface area contributed by atoms with E-state index in [9.17, 15) is 4.79 Å². The second-order valence-corrected chi connectivity index (χ2v) is 8.07. The van der Waals surface area contributed by atoms with Gasteiger partial charge in [0, 0.05) is 0 Å². The van der Waals surface area contributed by atoms with Gasteiger partial charge in [0.1, 0.15) is 5.75 Å². The first-order chi connectivity index (χ1) is 14.0. The van der Waals surface area contributed by atoms with Crippen LogP contribution in [0.25, 0.3) is 10.2 Å². The van der Waals surface area contributed by atoms with Crippen molar-refractivity contribution >= 4 is 38.3 Å². The number of ether oxygens (including phenoxy) is 1. The zero-order valence-electron chi connectivity index (χ0n) is 16.7. The molecule has 1 amide bonds. The average molecular weight is 403 g/mol. The van der Waals surface area contributed by atoms with Gasteiger partial charge in [-0.1, -0.05) is 41.7 Å². The number of nitrogens with zero attached hydrogens (tertiary/aromatic N) is 2. The van der Waals surface area contributed by atoms with Crippen LogP contribution >= 0.6 is 11.3 Å². The van der Waals surface area contributed by atoms with Crippen molar-refractivity contribution < 1.29 is 9.53 Å². The van der Waals surface area contributed by atoms with Gasteiger partial charge in [0.05, 0.1) is 29.4 Å². The molecule has 0 saturated heterocycles. The Labute approximate surface area is 174 Å². The topological polar surface area (TPSA) is 42.4 Å². The van der Waals surface area contributed by atoms with Crippen LogP contribution in [0.4, 0.5) is 10.8 Å². The molecular formula is C24H22N2O2S. The van der Waals surface area contributed by atoms with E-state index in [4.69, 9.17) is 9.72 Å². The van der Waals surface area contributed by atoms with Crippen molar-refractivity contribution in [2.24, 2.45) is 0 Å². The number of anilines is 2. The standard InChI is InChI=1S/C24H22N2O2S/c1-16-12-17(2)14-19(13-16)26(24-25-21-6-4-5-7-22(21)29-24)23(27)15-18-8-10-20(28-3)11-9-18/h4-14H,15H2,1-3H3. The predicted octanol–water partition coefficient (Wildman–Crippen LogP) is 5.83. The Balaban J connectivity index is 1.75. The summed E-state index contributed by atoms with van der Waals surface area (Å²) in [7, 11) is 1.63. The van der Waals surface area contributed by atoms with Crippen LogP contribution in [0.5, 0.6) is 5.75 Å². The van der Waals surface area contributed by atoms with Crippen LogP contribution in [0, 0.1) is 13.8 Å². The van der Waals surface area contributed by atoms with Gasteiger partial charge in [-0.15, -0.1) is 0 Å². The lowest BCUT2D eigenvalue weighted by atomic mass is 10.1. The number of thiazole rings is 1. The molecule has 0 saturated carbocycles. The normalized spacial score (nSPS) is 10.9. The Morgan fingerprint density at radius 2 is 1.69 bits per heavy atom. The van der Waals surface area contributed by atoms with Crippen LogP contribution in [-0.2, 0) is 11.2 Å². The summed E-state index contributed by atoms with van der Waals surface area (Å²) in [6.45, 7) is 4.09. The van der Waals surface area contributed by atoms with Gasteiger partial charge < -0.3 is 4.74 Å².